The van der Waals surface area contributed by atoms with Crippen LogP contribution < -0.4 is 15.4 Å². The van der Waals surface area contributed by atoms with Crippen LogP contribution >= 0.6 is 0 Å². The van der Waals surface area contributed by atoms with Gasteiger partial charge in [0, 0.05) is 12.6 Å². The first-order chi connectivity index (χ1) is 7.74. The fourth-order valence-corrected chi connectivity index (χ4v) is 2.10. The Morgan fingerprint density at radius 2 is 2.38 bits per heavy atom. The average molecular weight is 222 g/mol. The second-order valence-corrected chi connectivity index (χ2v) is 4.03. The molecule has 1 atom stereocenters. The van der Waals surface area contributed by atoms with Crippen LogP contribution in [0.15, 0.2) is 6.33 Å². The average Bonchev–Trinajstić information content (AvgIpc) is 2.68. The topological polar surface area (TPSA) is 64.3 Å². The van der Waals surface area contributed by atoms with Gasteiger partial charge >= 0.3 is 0 Å². The molecule has 5 nitrogen and oxygen atoms in total. The highest BCUT2D eigenvalue weighted by Crippen LogP contribution is 2.32. The van der Waals surface area contributed by atoms with Crippen molar-refractivity contribution in [1.29, 1.82) is 0 Å². The minimum atomic E-state index is 0.492. The number of ether oxygens (including phenoxy) is 1. The number of aromatic nitrogens is 2. The summed E-state index contributed by atoms with van der Waals surface area (Å²) >= 11 is 0. The zero-order valence-corrected chi connectivity index (χ0v) is 9.81. The summed E-state index contributed by atoms with van der Waals surface area (Å²) in [5, 5.41) is 0. The van der Waals surface area contributed by atoms with Crippen molar-refractivity contribution in [3.05, 3.63) is 6.33 Å². The van der Waals surface area contributed by atoms with Crippen molar-refractivity contribution in [2.75, 3.05) is 23.8 Å². The molecule has 0 amide bonds. The summed E-state index contributed by atoms with van der Waals surface area (Å²) in [5.41, 5.74) is 6.57. The maximum atomic E-state index is 6.02. The standard InChI is InChI=1S/C11H18N4O/c1-3-16-11-9(12)10(13-7-14-11)15-6-4-5-8(15)2/h7-8H,3-6,12H2,1-2H3. The third-order valence-corrected chi connectivity index (χ3v) is 2.93. The van der Waals surface area contributed by atoms with Crippen molar-refractivity contribution < 1.29 is 4.74 Å². The van der Waals surface area contributed by atoms with E-state index in [1.165, 1.54) is 19.2 Å². The number of anilines is 2. The van der Waals surface area contributed by atoms with Crippen LogP contribution in [-0.4, -0.2) is 29.2 Å². The van der Waals surface area contributed by atoms with Crippen LogP contribution in [0.4, 0.5) is 11.5 Å². The number of nitrogen functional groups attached to an aromatic ring is 1. The molecule has 1 aromatic heterocycles. The van der Waals surface area contributed by atoms with E-state index < -0.39 is 0 Å². The Kier molecular flexibility index (Phi) is 3.12. The Morgan fingerprint density at radius 1 is 1.56 bits per heavy atom. The van der Waals surface area contributed by atoms with Crippen molar-refractivity contribution in [2.24, 2.45) is 0 Å². The van der Waals surface area contributed by atoms with E-state index in [9.17, 15) is 0 Å². The Labute approximate surface area is 95.6 Å². The predicted molar refractivity (Wildman–Crippen MR) is 63.7 cm³/mol. The Bertz CT molecular complexity index is 369. The van der Waals surface area contributed by atoms with Gasteiger partial charge in [-0.05, 0) is 26.7 Å². The summed E-state index contributed by atoms with van der Waals surface area (Å²) in [6.45, 7) is 5.68. The molecule has 5 heteroatoms. The number of hydrogen-bond acceptors (Lipinski definition) is 5. The molecule has 2 heterocycles. The summed E-state index contributed by atoms with van der Waals surface area (Å²) in [6.07, 6.45) is 3.89. The van der Waals surface area contributed by atoms with Crippen molar-refractivity contribution in [3.8, 4) is 5.88 Å². The number of nitrogens with two attached hydrogens (primary N) is 1. The SMILES string of the molecule is CCOc1ncnc(N2CCCC2C)c1N. The van der Waals surface area contributed by atoms with Gasteiger partial charge in [0.2, 0.25) is 5.88 Å². The van der Waals surface area contributed by atoms with E-state index in [0.29, 0.717) is 24.2 Å². The lowest BCUT2D eigenvalue weighted by atomic mass is 10.2. The molecule has 0 saturated carbocycles. The number of hydrogen-bond donors (Lipinski definition) is 1. The summed E-state index contributed by atoms with van der Waals surface area (Å²) in [4.78, 5) is 10.5. The van der Waals surface area contributed by atoms with Crippen molar-refractivity contribution in [3.63, 3.8) is 0 Å². The minimum Gasteiger partial charge on any atom is -0.476 e. The molecular weight excluding hydrogens is 204 g/mol. The van der Waals surface area contributed by atoms with Crippen LogP contribution in [0.3, 0.4) is 0 Å². The molecule has 0 bridgehead atoms. The minimum absolute atomic E-state index is 0.492. The normalized spacial score (nSPS) is 20.1. The maximum Gasteiger partial charge on any atom is 0.242 e. The molecule has 1 aliphatic heterocycles. The van der Waals surface area contributed by atoms with E-state index >= 15 is 0 Å². The van der Waals surface area contributed by atoms with E-state index in [0.717, 1.165) is 12.4 Å². The molecular formula is C11H18N4O. The molecule has 0 aromatic carbocycles. The molecule has 1 unspecified atom stereocenters. The highest BCUT2D eigenvalue weighted by Gasteiger charge is 2.24. The maximum absolute atomic E-state index is 6.02. The number of nitrogens with zero attached hydrogens (tertiary/aromatic N) is 3. The van der Waals surface area contributed by atoms with E-state index in [-0.39, 0.29) is 0 Å². The molecule has 0 aliphatic carbocycles. The van der Waals surface area contributed by atoms with Gasteiger partial charge in [0.1, 0.15) is 12.0 Å². The van der Waals surface area contributed by atoms with Gasteiger partial charge in [-0.3, -0.25) is 0 Å². The zero-order valence-electron chi connectivity index (χ0n) is 9.81. The molecule has 16 heavy (non-hydrogen) atoms. The Morgan fingerprint density at radius 3 is 3.00 bits per heavy atom. The van der Waals surface area contributed by atoms with Gasteiger partial charge in [-0.2, -0.15) is 4.98 Å². The first-order valence-corrected chi connectivity index (χ1v) is 5.74. The third kappa shape index (κ3) is 1.89. The Balaban J connectivity index is 2.30. The highest BCUT2D eigenvalue weighted by atomic mass is 16.5. The third-order valence-electron chi connectivity index (χ3n) is 2.93. The Hall–Kier alpha value is -1.52. The highest BCUT2D eigenvalue weighted by molar-refractivity contribution is 5.68. The summed E-state index contributed by atoms with van der Waals surface area (Å²) in [6, 6.07) is 0.492. The molecule has 2 N–H and O–H groups in total. The molecule has 0 spiro atoms. The van der Waals surface area contributed by atoms with E-state index in [4.69, 9.17) is 10.5 Å². The van der Waals surface area contributed by atoms with E-state index in [2.05, 4.69) is 21.8 Å². The van der Waals surface area contributed by atoms with Crippen LogP contribution in [0.25, 0.3) is 0 Å². The monoisotopic (exact) mass is 222 g/mol. The molecule has 1 saturated heterocycles. The molecule has 1 aliphatic rings. The van der Waals surface area contributed by atoms with Crippen LogP contribution in [0.5, 0.6) is 5.88 Å². The van der Waals surface area contributed by atoms with Crippen molar-refractivity contribution in [1.82, 2.24) is 9.97 Å². The zero-order chi connectivity index (χ0) is 11.5. The first kappa shape index (κ1) is 11.0. The van der Waals surface area contributed by atoms with E-state index in [1.54, 1.807) is 0 Å². The summed E-state index contributed by atoms with van der Waals surface area (Å²) in [7, 11) is 0. The lowest BCUT2D eigenvalue weighted by Crippen LogP contribution is -2.28. The van der Waals surface area contributed by atoms with Gasteiger partial charge in [-0.15, -0.1) is 0 Å². The van der Waals surface area contributed by atoms with Crippen LogP contribution in [-0.2, 0) is 0 Å². The van der Waals surface area contributed by atoms with Crippen LogP contribution in [0, 0.1) is 0 Å². The largest absolute Gasteiger partial charge is 0.476 e. The first-order valence-electron chi connectivity index (χ1n) is 5.74. The lowest BCUT2D eigenvalue weighted by molar-refractivity contribution is 0.328. The second kappa shape index (κ2) is 4.55. The molecule has 1 fully saturated rings. The fraction of sp³-hybridized carbons (Fsp3) is 0.636. The van der Waals surface area contributed by atoms with Gasteiger partial charge in [0.15, 0.2) is 5.82 Å². The summed E-state index contributed by atoms with van der Waals surface area (Å²) < 4.78 is 5.37. The van der Waals surface area contributed by atoms with Crippen LogP contribution in [0.2, 0.25) is 0 Å². The van der Waals surface area contributed by atoms with Gasteiger partial charge in [0.25, 0.3) is 0 Å². The predicted octanol–water partition coefficient (Wildman–Crippen LogP) is 1.45. The van der Waals surface area contributed by atoms with Gasteiger partial charge in [-0.25, -0.2) is 4.98 Å². The van der Waals surface area contributed by atoms with Gasteiger partial charge in [0.05, 0.1) is 6.61 Å². The quantitative estimate of drug-likeness (QED) is 0.838. The van der Waals surface area contributed by atoms with Crippen LogP contribution in [0.1, 0.15) is 26.7 Å². The van der Waals surface area contributed by atoms with Crippen molar-refractivity contribution >= 4 is 11.5 Å². The van der Waals surface area contributed by atoms with Crippen molar-refractivity contribution in [2.45, 2.75) is 32.7 Å². The van der Waals surface area contributed by atoms with Gasteiger partial charge in [-0.1, -0.05) is 0 Å². The van der Waals surface area contributed by atoms with E-state index in [1.807, 2.05) is 6.92 Å². The molecule has 2 rings (SSSR count). The molecule has 88 valence electrons. The molecule has 1 aromatic rings. The smallest absolute Gasteiger partial charge is 0.242 e. The summed E-state index contributed by atoms with van der Waals surface area (Å²) in [5.74, 6) is 1.30. The number of rotatable bonds is 3. The van der Waals surface area contributed by atoms with Gasteiger partial charge < -0.3 is 15.4 Å². The lowest BCUT2D eigenvalue weighted by Gasteiger charge is -2.24. The second-order valence-electron chi connectivity index (χ2n) is 4.03. The fourth-order valence-electron chi connectivity index (χ4n) is 2.10. The molecule has 0 radical (unpaired) electrons.